The van der Waals surface area contributed by atoms with Gasteiger partial charge in [0.25, 0.3) is 5.69 Å². The summed E-state index contributed by atoms with van der Waals surface area (Å²) in [5, 5.41) is 13.8. The third-order valence-electron chi connectivity index (χ3n) is 4.31. The maximum Gasteiger partial charge on any atom is 0.421 e. The fourth-order valence-electron chi connectivity index (χ4n) is 3.14. The molecule has 1 saturated heterocycles. The summed E-state index contributed by atoms with van der Waals surface area (Å²) in [6, 6.07) is 3.98. The summed E-state index contributed by atoms with van der Waals surface area (Å²) in [6.45, 7) is 3.57. The van der Waals surface area contributed by atoms with Crippen LogP contribution in [0.2, 0.25) is 0 Å². The first kappa shape index (κ1) is 17.9. The zero-order valence-corrected chi connectivity index (χ0v) is 14.3. The van der Waals surface area contributed by atoms with Gasteiger partial charge in [-0.15, -0.1) is 0 Å². The standard InChI is InChI=1S/C16H20N4O6/c1-2-25-15(21)17-11-4-3-7-18(9-11)10-19-13-8-12(20(23)24)5-6-14(13)26-16(19)22/h5-6,8,11H,2-4,7,9-10H2,1H3,(H,17,21). The van der Waals surface area contributed by atoms with Gasteiger partial charge in [0.2, 0.25) is 0 Å². The van der Waals surface area contributed by atoms with Crippen LogP contribution in [0.5, 0.6) is 0 Å². The molecule has 0 spiro atoms. The predicted octanol–water partition coefficient (Wildman–Crippen LogP) is 1.67. The number of nitro groups is 1. The molecule has 3 rings (SSSR count). The molecule has 1 N–H and O–H groups in total. The predicted molar refractivity (Wildman–Crippen MR) is 91.9 cm³/mol. The number of ether oxygens (including phenoxy) is 1. The molecule has 1 aromatic carbocycles. The molecule has 0 radical (unpaired) electrons. The lowest BCUT2D eigenvalue weighted by molar-refractivity contribution is -0.384. The average molecular weight is 364 g/mol. The highest BCUT2D eigenvalue weighted by molar-refractivity contribution is 5.75. The number of aromatic nitrogens is 1. The van der Waals surface area contributed by atoms with Crippen LogP contribution in [0.1, 0.15) is 19.8 Å². The maximum atomic E-state index is 12.1. The highest BCUT2D eigenvalue weighted by atomic mass is 16.6. The summed E-state index contributed by atoms with van der Waals surface area (Å²) in [5.74, 6) is -0.569. The van der Waals surface area contributed by atoms with E-state index in [4.69, 9.17) is 9.15 Å². The summed E-state index contributed by atoms with van der Waals surface area (Å²) in [6.07, 6.45) is 1.21. The molecule has 0 aliphatic carbocycles. The van der Waals surface area contributed by atoms with Crippen molar-refractivity contribution in [1.82, 2.24) is 14.8 Å². The van der Waals surface area contributed by atoms with E-state index >= 15 is 0 Å². The minimum absolute atomic E-state index is 0.0778. The highest BCUT2D eigenvalue weighted by Crippen LogP contribution is 2.21. The summed E-state index contributed by atoms with van der Waals surface area (Å²) in [4.78, 5) is 36.2. The SMILES string of the molecule is CCOC(=O)NC1CCCN(Cn2c(=O)oc3ccc([N+](=O)[O-])cc32)C1. The van der Waals surface area contributed by atoms with Crippen LogP contribution in [0.4, 0.5) is 10.5 Å². The van der Waals surface area contributed by atoms with Gasteiger partial charge in [-0.1, -0.05) is 0 Å². The van der Waals surface area contributed by atoms with Crippen LogP contribution in [-0.2, 0) is 11.4 Å². The minimum atomic E-state index is -0.569. The Hall–Kier alpha value is -2.88. The Kier molecular flexibility index (Phi) is 5.21. The van der Waals surface area contributed by atoms with Gasteiger partial charge in [0.15, 0.2) is 5.58 Å². The number of benzene rings is 1. The number of nitro benzene ring substituents is 1. The van der Waals surface area contributed by atoms with Crippen molar-refractivity contribution in [3.63, 3.8) is 0 Å². The van der Waals surface area contributed by atoms with Crippen LogP contribution in [0, 0.1) is 10.1 Å². The van der Waals surface area contributed by atoms with Gasteiger partial charge in [0.1, 0.15) is 0 Å². The Bertz CT molecular complexity index is 873. The fourth-order valence-corrected chi connectivity index (χ4v) is 3.14. The van der Waals surface area contributed by atoms with Crippen LogP contribution in [0.15, 0.2) is 27.4 Å². The molecule has 1 fully saturated rings. The number of fused-ring (bicyclic) bond motifs is 1. The smallest absolute Gasteiger partial charge is 0.421 e. The molecule has 1 aliphatic heterocycles. The Labute approximate surface area is 148 Å². The van der Waals surface area contributed by atoms with Crippen molar-refractivity contribution < 1.29 is 18.9 Å². The quantitative estimate of drug-likeness (QED) is 0.633. The van der Waals surface area contributed by atoms with Crippen LogP contribution in [-0.4, -0.2) is 46.2 Å². The zero-order chi connectivity index (χ0) is 18.7. The molecular formula is C16H20N4O6. The molecule has 2 aromatic rings. The molecular weight excluding hydrogens is 344 g/mol. The Morgan fingerprint density at radius 2 is 2.31 bits per heavy atom. The number of piperidine rings is 1. The Balaban J connectivity index is 1.76. The van der Waals surface area contributed by atoms with Crippen LogP contribution in [0.25, 0.3) is 11.1 Å². The molecule has 1 aromatic heterocycles. The number of carbonyl (C=O) groups excluding carboxylic acids is 1. The second-order valence-electron chi connectivity index (χ2n) is 6.13. The van der Waals surface area contributed by atoms with Gasteiger partial charge in [-0.25, -0.2) is 9.59 Å². The molecule has 1 amide bonds. The van der Waals surface area contributed by atoms with Crippen molar-refractivity contribution in [3.05, 3.63) is 38.9 Å². The Morgan fingerprint density at radius 1 is 1.50 bits per heavy atom. The van der Waals surface area contributed by atoms with Crippen molar-refractivity contribution in [2.75, 3.05) is 19.7 Å². The number of likely N-dealkylation sites (tertiary alicyclic amines) is 1. The number of alkyl carbamates (subject to hydrolysis) is 1. The van der Waals surface area contributed by atoms with E-state index in [-0.39, 0.29) is 18.4 Å². The number of oxazole rings is 1. The largest absolute Gasteiger partial charge is 0.450 e. The average Bonchev–Trinajstić information content (AvgIpc) is 2.90. The number of nitrogens with one attached hydrogen (secondary N) is 1. The van der Waals surface area contributed by atoms with E-state index in [1.807, 2.05) is 4.90 Å². The van der Waals surface area contributed by atoms with Gasteiger partial charge >= 0.3 is 11.8 Å². The molecule has 1 atom stereocenters. The van der Waals surface area contributed by atoms with Gasteiger partial charge in [0.05, 0.1) is 23.7 Å². The first-order chi connectivity index (χ1) is 12.5. The Morgan fingerprint density at radius 3 is 3.04 bits per heavy atom. The molecule has 2 heterocycles. The van der Waals surface area contributed by atoms with E-state index in [1.165, 1.54) is 22.8 Å². The van der Waals surface area contributed by atoms with E-state index < -0.39 is 16.8 Å². The first-order valence-corrected chi connectivity index (χ1v) is 8.41. The van der Waals surface area contributed by atoms with Crippen molar-refractivity contribution >= 4 is 22.9 Å². The van der Waals surface area contributed by atoms with Crippen molar-refractivity contribution in [3.8, 4) is 0 Å². The molecule has 140 valence electrons. The number of nitrogens with zero attached hydrogens (tertiary/aromatic N) is 3. The number of hydrogen-bond donors (Lipinski definition) is 1. The zero-order valence-electron chi connectivity index (χ0n) is 14.3. The number of amides is 1. The number of rotatable bonds is 5. The molecule has 1 aliphatic rings. The van der Waals surface area contributed by atoms with Crippen LogP contribution < -0.4 is 11.1 Å². The molecule has 10 heteroatoms. The third kappa shape index (κ3) is 3.85. The lowest BCUT2D eigenvalue weighted by atomic mass is 10.1. The number of non-ortho nitro benzene ring substituents is 1. The monoisotopic (exact) mass is 364 g/mol. The number of hydrogen-bond acceptors (Lipinski definition) is 7. The molecule has 0 saturated carbocycles. The summed E-state index contributed by atoms with van der Waals surface area (Å²) in [5.41, 5.74) is 0.580. The first-order valence-electron chi connectivity index (χ1n) is 8.41. The van der Waals surface area contributed by atoms with Gasteiger partial charge in [-0.05, 0) is 32.4 Å². The van der Waals surface area contributed by atoms with Crippen LogP contribution in [0.3, 0.4) is 0 Å². The maximum absolute atomic E-state index is 12.1. The van der Waals surface area contributed by atoms with E-state index in [9.17, 15) is 19.7 Å². The van der Waals surface area contributed by atoms with Crippen molar-refractivity contribution in [2.45, 2.75) is 32.5 Å². The normalized spacial score (nSPS) is 18.0. The van der Waals surface area contributed by atoms with Gasteiger partial charge in [0, 0.05) is 24.7 Å². The van der Waals surface area contributed by atoms with Gasteiger partial charge < -0.3 is 14.5 Å². The van der Waals surface area contributed by atoms with Crippen molar-refractivity contribution in [2.24, 2.45) is 0 Å². The van der Waals surface area contributed by atoms with E-state index in [0.29, 0.717) is 24.3 Å². The van der Waals surface area contributed by atoms with E-state index in [1.54, 1.807) is 6.92 Å². The lowest BCUT2D eigenvalue weighted by Crippen LogP contribution is -2.48. The summed E-state index contributed by atoms with van der Waals surface area (Å²) >= 11 is 0. The number of carbonyl (C=O) groups is 1. The molecule has 26 heavy (non-hydrogen) atoms. The van der Waals surface area contributed by atoms with E-state index in [2.05, 4.69) is 5.32 Å². The summed E-state index contributed by atoms with van der Waals surface area (Å²) < 4.78 is 11.4. The summed E-state index contributed by atoms with van der Waals surface area (Å²) in [7, 11) is 0. The van der Waals surface area contributed by atoms with Gasteiger partial charge in [-0.3, -0.25) is 19.6 Å². The molecule has 1 unspecified atom stereocenters. The minimum Gasteiger partial charge on any atom is -0.450 e. The highest BCUT2D eigenvalue weighted by Gasteiger charge is 2.23. The van der Waals surface area contributed by atoms with Gasteiger partial charge in [-0.2, -0.15) is 0 Å². The fraction of sp³-hybridized carbons (Fsp3) is 0.500. The van der Waals surface area contributed by atoms with E-state index in [0.717, 1.165) is 19.4 Å². The second kappa shape index (κ2) is 7.56. The molecule has 0 bridgehead atoms. The topological polar surface area (TPSA) is 120 Å². The van der Waals surface area contributed by atoms with Crippen LogP contribution >= 0.6 is 0 Å². The van der Waals surface area contributed by atoms with Crippen molar-refractivity contribution in [1.29, 1.82) is 0 Å². The third-order valence-corrected chi connectivity index (χ3v) is 4.31. The lowest BCUT2D eigenvalue weighted by Gasteiger charge is -2.32. The second-order valence-corrected chi connectivity index (χ2v) is 6.13. The molecule has 10 nitrogen and oxygen atoms in total.